The number of fused-ring (bicyclic) bond motifs is 1. The molecule has 1 spiro atoms. The highest BCUT2D eigenvalue weighted by Crippen LogP contribution is 2.78. The third-order valence-corrected chi connectivity index (χ3v) is 7.54. The lowest BCUT2D eigenvalue weighted by molar-refractivity contribution is -0.275. The molecule has 0 amide bonds. The van der Waals surface area contributed by atoms with Crippen molar-refractivity contribution in [3.05, 3.63) is 35.9 Å². The SMILES string of the molecule is O[C@H](c1c(C2CC2)ccc2cncn12)C1CC23CCC2C[C@@H]13. The van der Waals surface area contributed by atoms with Crippen molar-refractivity contribution in [1.29, 1.82) is 0 Å². The summed E-state index contributed by atoms with van der Waals surface area (Å²) in [6, 6.07) is 4.40. The van der Waals surface area contributed by atoms with Crippen LogP contribution in [-0.2, 0) is 0 Å². The highest BCUT2D eigenvalue weighted by atomic mass is 16.3. The molecule has 2 aromatic rings. The Hall–Kier alpha value is -1.35. The van der Waals surface area contributed by atoms with Crippen molar-refractivity contribution in [1.82, 2.24) is 9.38 Å². The van der Waals surface area contributed by atoms with Crippen LogP contribution in [0.5, 0.6) is 0 Å². The average Bonchev–Trinajstić information content (AvgIpc) is 3.22. The molecule has 114 valence electrons. The second kappa shape index (κ2) is 3.76. The van der Waals surface area contributed by atoms with E-state index in [1.807, 2.05) is 12.5 Å². The molecule has 0 radical (unpaired) electrons. The van der Waals surface area contributed by atoms with Gasteiger partial charge in [-0.3, -0.25) is 0 Å². The molecule has 1 N–H and O–H groups in total. The summed E-state index contributed by atoms with van der Waals surface area (Å²) in [5.41, 5.74) is 4.32. The number of nitrogens with zero attached hydrogens (tertiary/aromatic N) is 2. The zero-order valence-corrected chi connectivity index (χ0v) is 12.8. The maximum Gasteiger partial charge on any atom is 0.0995 e. The molecule has 0 aliphatic heterocycles. The highest BCUT2D eigenvalue weighted by molar-refractivity contribution is 5.50. The minimum Gasteiger partial charge on any atom is -0.387 e. The third-order valence-electron chi connectivity index (χ3n) is 7.54. The lowest BCUT2D eigenvalue weighted by atomic mass is 9.30. The summed E-state index contributed by atoms with van der Waals surface area (Å²) in [6.45, 7) is 0. The minimum atomic E-state index is -0.300. The first-order chi connectivity index (χ1) is 10.8. The van der Waals surface area contributed by atoms with Crippen molar-refractivity contribution >= 4 is 5.52 Å². The number of rotatable bonds is 3. The lowest BCUT2D eigenvalue weighted by Crippen LogP contribution is -2.68. The predicted octanol–water partition coefficient (Wildman–Crippen LogP) is 3.68. The Morgan fingerprint density at radius 3 is 2.82 bits per heavy atom. The van der Waals surface area contributed by atoms with Crippen molar-refractivity contribution in [3.8, 4) is 0 Å². The van der Waals surface area contributed by atoms with Gasteiger partial charge in [-0.15, -0.1) is 0 Å². The Morgan fingerprint density at radius 2 is 2.18 bits per heavy atom. The molecule has 4 aliphatic rings. The Labute approximate surface area is 130 Å². The van der Waals surface area contributed by atoms with E-state index in [-0.39, 0.29) is 6.10 Å². The van der Waals surface area contributed by atoms with Crippen LogP contribution in [-0.4, -0.2) is 14.5 Å². The first kappa shape index (κ1) is 12.1. The molecule has 3 nitrogen and oxygen atoms in total. The van der Waals surface area contributed by atoms with Crippen LogP contribution >= 0.6 is 0 Å². The number of aromatic nitrogens is 2. The fraction of sp³-hybridized carbons (Fsp3) is 0.632. The van der Waals surface area contributed by atoms with Crippen LogP contribution in [0.3, 0.4) is 0 Å². The van der Waals surface area contributed by atoms with Gasteiger partial charge in [0.2, 0.25) is 0 Å². The van der Waals surface area contributed by atoms with Gasteiger partial charge in [-0.2, -0.15) is 0 Å². The topological polar surface area (TPSA) is 37.5 Å². The van der Waals surface area contributed by atoms with E-state index in [0.717, 1.165) is 23.0 Å². The normalized spacial score (nSPS) is 40.1. The number of aliphatic hydroxyl groups excluding tert-OH is 1. The second-order valence-corrected chi connectivity index (χ2v) is 8.26. The number of hydrogen-bond donors (Lipinski definition) is 1. The van der Waals surface area contributed by atoms with E-state index in [1.165, 1.54) is 44.1 Å². The van der Waals surface area contributed by atoms with Crippen LogP contribution in [0.1, 0.15) is 61.8 Å². The van der Waals surface area contributed by atoms with E-state index < -0.39 is 0 Å². The molecule has 5 atom stereocenters. The maximum absolute atomic E-state index is 11.2. The van der Waals surface area contributed by atoms with Crippen LogP contribution in [0.25, 0.3) is 5.52 Å². The van der Waals surface area contributed by atoms with Gasteiger partial charge < -0.3 is 9.51 Å². The summed E-state index contributed by atoms with van der Waals surface area (Å²) in [6.07, 6.45) is 11.6. The maximum atomic E-state index is 11.2. The van der Waals surface area contributed by atoms with Gasteiger partial charge in [0.05, 0.1) is 29.8 Å². The molecule has 4 fully saturated rings. The van der Waals surface area contributed by atoms with E-state index in [0.29, 0.717) is 17.3 Å². The summed E-state index contributed by atoms with van der Waals surface area (Å²) >= 11 is 0. The smallest absolute Gasteiger partial charge is 0.0995 e. The fourth-order valence-electron chi connectivity index (χ4n) is 6.00. The molecule has 2 heterocycles. The number of pyridine rings is 1. The predicted molar refractivity (Wildman–Crippen MR) is 83.5 cm³/mol. The molecule has 0 aromatic carbocycles. The number of imidazole rings is 1. The van der Waals surface area contributed by atoms with Gasteiger partial charge in [-0.1, -0.05) is 6.07 Å². The quantitative estimate of drug-likeness (QED) is 0.937. The molecule has 0 saturated heterocycles. The van der Waals surface area contributed by atoms with Gasteiger partial charge in [0.15, 0.2) is 0 Å². The van der Waals surface area contributed by atoms with Crippen molar-refractivity contribution in [3.63, 3.8) is 0 Å². The first-order valence-electron chi connectivity index (χ1n) is 8.91. The third kappa shape index (κ3) is 1.27. The molecule has 4 saturated carbocycles. The summed E-state index contributed by atoms with van der Waals surface area (Å²) in [7, 11) is 0. The Balaban J connectivity index is 1.42. The molecule has 3 unspecified atom stereocenters. The van der Waals surface area contributed by atoms with Gasteiger partial charge in [0.1, 0.15) is 0 Å². The van der Waals surface area contributed by atoms with E-state index in [2.05, 4.69) is 21.5 Å². The first-order valence-corrected chi connectivity index (χ1v) is 8.91. The Morgan fingerprint density at radius 1 is 1.27 bits per heavy atom. The molecule has 4 aliphatic carbocycles. The summed E-state index contributed by atoms with van der Waals surface area (Å²) in [4.78, 5) is 4.31. The molecule has 3 heteroatoms. The Bertz CT molecular complexity index is 777. The standard InChI is InChI=1S/C19H22N2O/c22-18(15-8-19-6-5-12(19)7-16(15)19)17-14(11-1-2-11)4-3-13-9-20-10-21(13)17/h3-4,9-12,15-16,18,22H,1-2,5-8H2/t12?,15?,16-,18-,19?/m0/s1. The number of hydrogen-bond acceptors (Lipinski definition) is 2. The Kier molecular flexibility index (Phi) is 2.07. The second-order valence-electron chi connectivity index (χ2n) is 8.26. The van der Waals surface area contributed by atoms with Crippen LogP contribution in [0, 0.1) is 23.2 Å². The summed E-state index contributed by atoms with van der Waals surface area (Å²) in [5, 5.41) is 11.2. The van der Waals surface area contributed by atoms with Gasteiger partial charge in [0, 0.05) is 0 Å². The molecule has 6 rings (SSSR count). The van der Waals surface area contributed by atoms with Crippen LogP contribution < -0.4 is 0 Å². The molecular weight excluding hydrogens is 272 g/mol. The average molecular weight is 294 g/mol. The molecule has 0 bridgehead atoms. The van der Waals surface area contributed by atoms with Crippen molar-refractivity contribution < 1.29 is 5.11 Å². The molecular formula is C19H22N2O. The van der Waals surface area contributed by atoms with Crippen LogP contribution in [0.4, 0.5) is 0 Å². The van der Waals surface area contributed by atoms with Gasteiger partial charge >= 0.3 is 0 Å². The zero-order chi connectivity index (χ0) is 14.5. The van der Waals surface area contributed by atoms with Gasteiger partial charge in [-0.05, 0) is 79.2 Å². The molecule has 22 heavy (non-hydrogen) atoms. The van der Waals surface area contributed by atoms with Crippen molar-refractivity contribution in [2.45, 2.75) is 50.5 Å². The minimum absolute atomic E-state index is 0.300. The number of aliphatic hydroxyl groups is 1. The van der Waals surface area contributed by atoms with Crippen LogP contribution in [0.2, 0.25) is 0 Å². The monoisotopic (exact) mass is 294 g/mol. The zero-order valence-electron chi connectivity index (χ0n) is 12.8. The molecule has 2 aromatic heterocycles. The van der Waals surface area contributed by atoms with E-state index >= 15 is 0 Å². The van der Waals surface area contributed by atoms with Gasteiger partial charge in [0.25, 0.3) is 0 Å². The summed E-state index contributed by atoms with van der Waals surface area (Å²) in [5.74, 6) is 2.96. The van der Waals surface area contributed by atoms with E-state index in [4.69, 9.17) is 0 Å². The highest BCUT2D eigenvalue weighted by Gasteiger charge is 2.70. The largest absolute Gasteiger partial charge is 0.387 e. The lowest BCUT2D eigenvalue weighted by Gasteiger charge is -2.75. The fourth-order valence-corrected chi connectivity index (χ4v) is 6.00. The van der Waals surface area contributed by atoms with Crippen molar-refractivity contribution in [2.75, 3.05) is 0 Å². The van der Waals surface area contributed by atoms with Gasteiger partial charge in [-0.25, -0.2) is 4.98 Å². The van der Waals surface area contributed by atoms with E-state index in [1.54, 1.807) is 0 Å². The van der Waals surface area contributed by atoms with Crippen molar-refractivity contribution in [2.24, 2.45) is 23.2 Å². The van der Waals surface area contributed by atoms with E-state index in [9.17, 15) is 5.11 Å². The van der Waals surface area contributed by atoms with Crippen LogP contribution in [0.15, 0.2) is 24.7 Å². The summed E-state index contributed by atoms with van der Waals surface area (Å²) < 4.78 is 2.15.